The number of aryl methyl sites for hydroxylation is 1. The van der Waals surface area contributed by atoms with Crippen LogP contribution in [0.15, 0.2) is 59.1 Å². The van der Waals surface area contributed by atoms with Crippen molar-refractivity contribution in [2.24, 2.45) is 0 Å². The zero-order chi connectivity index (χ0) is 18.8. The number of aromatic nitrogens is 1. The Balaban J connectivity index is 1.50. The van der Waals surface area contributed by atoms with E-state index in [1.165, 1.54) is 0 Å². The normalized spacial score (nSPS) is 13.8. The summed E-state index contributed by atoms with van der Waals surface area (Å²) in [7, 11) is 0. The maximum absolute atomic E-state index is 12.5. The predicted molar refractivity (Wildman–Crippen MR) is 103 cm³/mol. The van der Waals surface area contributed by atoms with Crippen molar-refractivity contribution in [1.82, 2.24) is 5.16 Å². The molecule has 136 valence electrons. The van der Waals surface area contributed by atoms with E-state index in [0.29, 0.717) is 24.3 Å². The van der Waals surface area contributed by atoms with Crippen LogP contribution in [0, 0.1) is 6.92 Å². The Kier molecular flexibility index (Phi) is 4.46. The summed E-state index contributed by atoms with van der Waals surface area (Å²) in [5.41, 5.74) is 4.03. The first-order valence-corrected chi connectivity index (χ1v) is 8.86. The van der Waals surface area contributed by atoms with E-state index in [-0.39, 0.29) is 17.6 Å². The van der Waals surface area contributed by atoms with E-state index >= 15 is 0 Å². The van der Waals surface area contributed by atoms with E-state index in [1.807, 2.05) is 43.3 Å². The molecule has 1 aliphatic heterocycles. The molecule has 6 nitrogen and oxygen atoms in total. The Morgan fingerprint density at radius 2 is 1.96 bits per heavy atom. The molecule has 1 aromatic heterocycles. The summed E-state index contributed by atoms with van der Waals surface area (Å²) >= 11 is 0. The van der Waals surface area contributed by atoms with E-state index in [2.05, 4.69) is 10.5 Å². The van der Waals surface area contributed by atoms with Gasteiger partial charge >= 0.3 is 0 Å². The second-order valence-electron chi connectivity index (χ2n) is 6.60. The van der Waals surface area contributed by atoms with Crippen molar-refractivity contribution < 1.29 is 14.1 Å². The molecule has 0 spiro atoms. The van der Waals surface area contributed by atoms with Gasteiger partial charge in [0.1, 0.15) is 5.69 Å². The number of hydrogen-bond acceptors (Lipinski definition) is 4. The van der Waals surface area contributed by atoms with Crippen LogP contribution in [0.1, 0.15) is 29.0 Å². The molecule has 1 fully saturated rings. The van der Waals surface area contributed by atoms with Crippen LogP contribution in [-0.2, 0) is 4.79 Å². The number of anilines is 2. The minimum absolute atomic E-state index is 0.108. The molecule has 6 heteroatoms. The maximum atomic E-state index is 12.5. The number of nitrogens with one attached hydrogen (secondary N) is 1. The highest BCUT2D eigenvalue weighted by atomic mass is 16.5. The van der Waals surface area contributed by atoms with Gasteiger partial charge in [0.25, 0.3) is 5.91 Å². The van der Waals surface area contributed by atoms with Crippen molar-refractivity contribution in [1.29, 1.82) is 0 Å². The van der Waals surface area contributed by atoms with Gasteiger partial charge in [0, 0.05) is 36.0 Å². The summed E-state index contributed by atoms with van der Waals surface area (Å²) in [5.74, 6) is -0.143. The van der Waals surface area contributed by atoms with Crippen molar-refractivity contribution >= 4 is 23.2 Å². The van der Waals surface area contributed by atoms with Crippen LogP contribution in [0.5, 0.6) is 0 Å². The first-order chi connectivity index (χ1) is 13.1. The highest BCUT2D eigenvalue weighted by Gasteiger charge is 2.22. The summed E-state index contributed by atoms with van der Waals surface area (Å²) in [4.78, 5) is 26.1. The zero-order valence-electron chi connectivity index (χ0n) is 14.9. The van der Waals surface area contributed by atoms with Gasteiger partial charge in [0.15, 0.2) is 0 Å². The average molecular weight is 361 g/mol. The lowest BCUT2D eigenvalue weighted by Crippen LogP contribution is -2.23. The summed E-state index contributed by atoms with van der Waals surface area (Å²) in [5, 5.41) is 6.78. The largest absolute Gasteiger partial charge is 0.350 e. The van der Waals surface area contributed by atoms with E-state index in [4.69, 9.17) is 4.52 Å². The molecule has 0 unspecified atom stereocenters. The molecule has 3 aromatic rings. The molecule has 0 radical (unpaired) electrons. The third-order valence-corrected chi connectivity index (χ3v) is 4.57. The van der Waals surface area contributed by atoms with Gasteiger partial charge in [-0.2, -0.15) is 0 Å². The molecule has 1 N–H and O–H groups in total. The Labute approximate surface area is 156 Å². The van der Waals surface area contributed by atoms with Crippen molar-refractivity contribution in [3.05, 3.63) is 65.9 Å². The summed E-state index contributed by atoms with van der Waals surface area (Å²) in [6.07, 6.45) is 1.42. The molecule has 0 atom stereocenters. The second kappa shape index (κ2) is 7.07. The lowest BCUT2D eigenvalue weighted by molar-refractivity contribution is -0.117. The highest BCUT2D eigenvalue weighted by molar-refractivity contribution is 6.03. The van der Waals surface area contributed by atoms with Crippen LogP contribution in [0.4, 0.5) is 11.4 Å². The van der Waals surface area contributed by atoms with Crippen LogP contribution >= 0.6 is 0 Å². The lowest BCUT2D eigenvalue weighted by atomic mass is 10.1. The first kappa shape index (κ1) is 17.0. The number of amides is 2. The molecule has 2 aromatic carbocycles. The van der Waals surface area contributed by atoms with E-state index in [9.17, 15) is 9.59 Å². The third-order valence-electron chi connectivity index (χ3n) is 4.57. The Bertz CT molecular complexity index is 992. The molecular formula is C21H19N3O3. The Morgan fingerprint density at radius 1 is 1.15 bits per heavy atom. The number of rotatable bonds is 4. The van der Waals surface area contributed by atoms with Gasteiger partial charge in [-0.25, -0.2) is 0 Å². The summed E-state index contributed by atoms with van der Waals surface area (Å²) in [6, 6.07) is 16.7. The molecule has 1 aliphatic rings. The predicted octanol–water partition coefficient (Wildman–Crippen LogP) is 4.03. The fourth-order valence-corrected chi connectivity index (χ4v) is 3.11. The number of benzene rings is 2. The monoisotopic (exact) mass is 361 g/mol. The number of carbonyl (C=O) groups excluding carboxylic acids is 2. The van der Waals surface area contributed by atoms with Crippen molar-refractivity contribution in [3.63, 3.8) is 0 Å². The number of carbonyl (C=O) groups is 2. The van der Waals surface area contributed by atoms with Gasteiger partial charge in [-0.15, -0.1) is 0 Å². The maximum Gasteiger partial charge on any atom is 0.294 e. The molecule has 4 rings (SSSR count). The molecule has 0 saturated carbocycles. The second-order valence-corrected chi connectivity index (χ2v) is 6.60. The van der Waals surface area contributed by atoms with Gasteiger partial charge < -0.3 is 14.7 Å². The minimum atomic E-state index is -0.384. The van der Waals surface area contributed by atoms with Gasteiger partial charge in [-0.1, -0.05) is 41.1 Å². The fraction of sp³-hybridized carbons (Fsp3) is 0.190. The molecule has 0 bridgehead atoms. The number of hydrogen-bond donors (Lipinski definition) is 1. The molecule has 1 saturated heterocycles. The summed E-state index contributed by atoms with van der Waals surface area (Å²) < 4.78 is 5.20. The van der Waals surface area contributed by atoms with Crippen LogP contribution in [0.25, 0.3) is 11.3 Å². The molecule has 2 heterocycles. The van der Waals surface area contributed by atoms with E-state index in [1.54, 1.807) is 23.1 Å². The zero-order valence-corrected chi connectivity index (χ0v) is 14.9. The van der Waals surface area contributed by atoms with Crippen LogP contribution in [0.2, 0.25) is 0 Å². The van der Waals surface area contributed by atoms with Crippen molar-refractivity contribution in [2.45, 2.75) is 19.8 Å². The fourth-order valence-electron chi connectivity index (χ4n) is 3.11. The van der Waals surface area contributed by atoms with Crippen LogP contribution in [-0.4, -0.2) is 23.5 Å². The molecule has 0 aliphatic carbocycles. The number of nitrogens with zero attached hydrogens (tertiary/aromatic N) is 2. The highest BCUT2D eigenvalue weighted by Crippen LogP contribution is 2.25. The Morgan fingerprint density at radius 3 is 2.70 bits per heavy atom. The van der Waals surface area contributed by atoms with Crippen molar-refractivity contribution in [3.8, 4) is 11.3 Å². The van der Waals surface area contributed by atoms with Crippen LogP contribution < -0.4 is 10.2 Å². The quantitative estimate of drug-likeness (QED) is 0.761. The van der Waals surface area contributed by atoms with Gasteiger partial charge in [0.05, 0.1) is 0 Å². The molecular weight excluding hydrogens is 342 g/mol. The SMILES string of the molecule is Cc1ccc(-c2cc(C(=O)Nc3cccc(N4CCCC4=O)c3)on2)cc1. The topological polar surface area (TPSA) is 75.4 Å². The Hall–Kier alpha value is -3.41. The average Bonchev–Trinajstić information content (AvgIpc) is 3.32. The van der Waals surface area contributed by atoms with Crippen LogP contribution in [0.3, 0.4) is 0 Å². The third kappa shape index (κ3) is 3.60. The van der Waals surface area contributed by atoms with E-state index < -0.39 is 0 Å². The van der Waals surface area contributed by atoms with Gasteiger partial charge in [0.2, 0.25) is 11.7 Å². The standard InChI is InChI=1S/C21H19N3O3/c1-14-7-9-15(10-8-14)18-13-19(27-23-18)21(26)22-16-4-2-5-17(12-16)24-11-3-6-20(24)25/h2,4-5,7-10,12-13H,3,6,11H2,1H3,(H,22,26). The summed E-state index contributed by atoms with van der Waals surface area (Å²) in [6.45, 7) is 2.72. The first-order valence-electron chi connectivity index (χ1n) is 8.86. The smallest absolute Gasteiger partial charge is 0.294 e. The molecule has 27 heavy (non-hydrogen) atoms. The minimum Gasteiger partial charge on any atom is -0.350 e. The lowest BCUT2D eigenvalue weighted by Gasteiger charge is -2.16. The van der Waals surface area contributed by atoms with Gasteiger partial charge in [-0.3, -0.25) is 9.59 Å². The van der Waals surface area contributed by atoms with E-state index in [0.717, 1.165) is 23.2 Å². The van der Waals surface area contributed by atoms with Gasteiger partial charge in [-0.05, 0) is 31.5 Å². The molecule has 2 amide bonds. The van der Waals surface area contributed by atoms with Crippen molar-refractivity contribution in [2.75, 3.05) is 16.8 Å².